The molecule has 0 radical (unpaired) electrons. The van der Waals surface area contributed by atoms with Crippen LogP contribution in [-0.2, 0) is 16.7 Å². The maximum Gasteiger partial charge on any atom is 0.427 e. The lowest BCUT2D eigenvalue weighted by Gasteiger charge is -2.19. The first kappa shape index (κ1) is 21.4. The number of ether oxygens (including phenoxy) is 2. The number of hydrogen-bond acceptors (Lipinski definition) is 4. The molecule has 0 saturated carbocycles. The van der Waals surface area contributed by atoms with Crippen molar-refractivity contribution in [1.82, 2.24) is 9.99 Å². The van der Waals surface area contributed by atoms with E-state index in [4.69, 9.17) is 4.74 Å². The summed E-state index contributed by atoms with van der Waals surface area (Å²) in [6.45, 7) is 9.88. The van der Waals surface area contributed by atoms with Crippen molar-refractivity contribution < 1.29 is 14.3 Å². The third kappa shape index (κ3) is 4.82. The molecule has 0 saturated heterocycles. The largest absolute Gasteiger partial charge is 0.492 e. The average molecular weight is 408 g/mol. The van der Waals surface area contributed by atoms with E-state index in [-0.39, 0.29) is 5.41 Å². The number of hydrogen-bond donors (Lipinski definition) is 1. The normalized spacial score (nSPS) is 11.8. The Hall–Kier alpha value is -3.28. The standard InChI is InChI=1S/C24H29N3O3/c1-17-21(16-25-26-23(28)29-5)20-8-6-7-9-22(20)27(17)14-15-30-19-12-10-18(11-13-19)24(2,3)4/h6-13,16H,14-15H2,1-5H3,(H,26,28)/b25-16-. The molecule has 0 aliphatic carbocycles. The lowest BCUT2D eigenvalue weighted by atomic mass is 9.87. The van der Waals surface area contributed by atoms with Gasteiger partial charge in [-0.3, -0.25) is 0 Å². The highest BCUT2D eigenvalue weighted by atomic mass is 16.5. The van der Waals surface area contributed by atoms with Gasteiger partial charge in [0.15, 0.2) is 0 Å². The number of hydrazone groups is 1. The molecule has 1 heterocycles. The van der Waals surface area contributed by atoms with E-state index in [0.29, 0.717) is 13.2 Å². The molecule has 30 heavy (non-hydrogen) atoms. The van der Waals surface area contributed by atoms with Crippen molar-refractivity contribution in [3.05, 3.63) is 65.4 Å². The van der Waals surface area contributed by atoms with Crippen molar-refractivity contribution >= 4 is 23.2 Å². The van der Waals surface area contributed by atoms with Crippen LogP contribution in [0.2, 0.25) is 0 Å². The lowest BCUT2D eigenvalue weighted by molar-refractivity contribution is 0.171. The Bertz CT molecular complexity index is 1040. The second kappa shape index (κ2) is 9.03. The van der Waals surface area contributed by atoms with Crippen LogP contribution in [0.4, 0.5) is 4.79 Å². The van der Waals surface area contributed by atoms with Crippen LogP contribution in [0.3, 0.4) is 0 Å². The first-order valence-corrected chi connectivity index (χ1v) is 9.99. The van der Waals surface area contributed by atoms with E-state index in [1.54, 1.807) is 6.21 Å². The van der Waals surface area contributed by atoms with Crippen molar-refractivity contribution in [2.24, 2.45) is 5.10 Å². The van der Waals surface area contributed by atoms with Gasteiger partial charge in [-0.05, 0) is 36.1 Å². The molecule has 0 aliphatic rings. The number of nitrogens with zero attached hydrogens (tertiary/aromatic N) is 2. The van der Waals surface area contributed by atoms with Crippen molar-refractivity contribution in [3.63, 3.8) is 0 Å². The van der Waals surface area contributed by atoms with Crippen LogP contribution in [0.5, 0.6) is 5.75 Å². The van der Waals surface area contributed by atoms with Gasteiger partial charge in [-0.2, -0.15) is 5.10 Å². The molecule has 0 bridgehead atoms. The number of benzene rings is 2. The SMILES string of the molecule is COC(=O)N/N=C\c1c(C)n(CCOc2ccc(C(C)(C)C)cc2)c2ccccc12. The Labute approximate surface area is 177 Å². The first-order chi connectivity index (χ1) is 14.3. The van der Waals surface area contributed by atoms with E-state index in [0.717, 1.165) is 27.9 Å². The van der Waals surface area contributed by atoms with Gasteiger partial charge in [-0.1, -0.05) is 51.1 Å². The Kier molecular flexibility index (Phi) is 6.45. The molecule has 1 amide bonds. The molecule has 3 rings (SSSR count). The van der Waals surface area contributed by atoms with Crippen LogP contribution in [0, 0.1) is 6.92 Å². The predicted molar refractivity (Wildman–Crippen MR) is 120 cm³/mol. The van der Waals surface area contributed by atoms with Gasteiger partial charge in [0, 0.05) is 22.2 Å². The zero-order valence-corrected chi connectivity index (χ0v) is 18.2. The Morgan fingerprint density at radius 1 is 1.13 bits per heavy atom. The highest BCUT2D eigenvalue weighted by molar-refractivity contribution is 6.01. The van der Waals surface area contributed by atoms with Crippen molar-refractivity contribution in [1.29, 1.82) is 0 Å². The number of para-hydroxylation sites is 1. The number of fused-ring (bicyclic) bond motifs is 1. The van der Waals surface area contributed by atoms with Gasteiger partial charge in [-0.25, -0.2) is 10.2 Å². The second-order valence-corrected chi connectivity index (χ2v) is 8.15. The van der Waals surface area contributed by atoms with E-state index in [1.807, 2.05) is 37.3 Å². The van der Waals surface area contributed by atoms with Gasteiger partial charge >= 0.3 is 6.09 Å². The summed E-state index contributed by atoms with van der Waals surface area (Å²) in [6, 6.07) is 16.4. The van der Waals surface area contributed by atoms with Crippen LogP contribution >= 0.6 is 0 Å². The summed E-state index contributed by atoms with van der Waals surface area (Å²) in [5.74, 6) is 0.862. The third-order valence-corrected chi connectivity index (χ3v) is 5.12. The van der Waals surface area contributed by atoms with Crippen molar-refractivity contribution in [2.75, 3.05) is 13.7 Å². The minimum absolute atomic E-state index is 0.125. The van der Waals surface area contributed by atoms with E-state index in [1.165, 1.54) is 12.7 Å². The maximum atomic E-state index is 11.2. The van der Waals surface area contributed by atoms with E-state index in [2.05, 4.69) is 58.8 Å². The summed E-state index contributed by atoms with van der Waals surface area (Å²) < 4.78 is 12.7. The lowest BCUT2D eigenvalue weighted by Crippen LogP contribution is -2.16. The summed E-state index contributed by atoms with van der Waals surface area (Å²) in [4.78, 5) is 11.2. The molecule has 1 aromatic heterocycles. The van der Waals surface area contributed by atoms with Gasteiger partial charge in [0.25, 0.3) is 0 Å². The summed E-state index contributed by atoms with van der Waals surface area (Å²) >= 11 is 0. The molecule has 0 aliphatic heterocycles. The number of rotatable bonds is 6. The Morgan fingerprint density at radius 3 is 2.50 bits per heavy atom. The van der Waals surface area contributed by atoms with E-state index in [9.17, 15) is 4.79 Å². The minimum Gasteiger partial charge on any atom is -0.492 e. The number of methoxy groups -OCH3 is 1. The molecule has 0 unspecified atom stereocenters. The van der Waals surface area contributed by atoms with Gasteiger partial charge in [0.05, 0.1) is 19.9 Å². The third-order valence-electron chi connectivity index (χ3n) is 5.12. The topological polar surface area (TPSA) is 64.8 Å². The predicted octanol–water partition coefficient (Wildman–Crippen LogP) is 5.02. The second-order valence-electron chi connectivity index (χ2n) is 8.15. The zero-order chi connectivity index (χ0) is 21.7. The van der Waals surface area contributed by atoms with Gasteiger partial charge in [0.1, 0.15) is 12.4 Å². The monoisotopic (exact) mass is 407 g/mol. The molecule has 0 spiro atoms. The van der Waals surface area contributed by atoms with Gasteiger partial charge in [-0.15, -0.1) is 0 Å². The Balaban J connectivity index is 1.74. The highest BCUT2D eigenvalue weighted by Gasteiger charge is 2.14. The van der Waals surface area contributed by atoms with Gasteiger partial charge in [0.2, 0.25) is 0 Å². The molecule has 0 atom stereocenters. The minimum atomic E-state index is -0.599. The molecule has 3 aromatic rings. The fraction of sp³-hybridized carbons (Fsp3) is 0.333. The summed E-state index contributed by atoms with van der Waals surface area (Å²) in [5, 5.41) is 5.07. The fourth-order valence-corrected chi connectivity index (χ4v) is 3.41. The molecule has 1 N–H and O–H groups in total. The fourth-order valence-electron chi connectivity index (χ4n) is 3.41. The van der Waals surface area contributed by atoms with Crippen LogP contribution in [-0.4, -0.2) is 30.6 Å². The molecular formula is C24H29N3O3. The first-order valence-electron chi connectivity index (χ1n) is 9.99. The smallest absolute Gasteiger partial charge is 0.427 e. The summed E-state index contributed by atoms with van der Waals surface area (Å²) in [5.41, 5.74) is 6.85. The average Bonchev–Trinajstić information content (AvgIpc) is 2.99. The summed E-state index contributed by atoms with van der Waals surface area (Å²) in [7, 11) is 1.30. The molecular weight excluding hydrogens is 378 g/mol. The number of amides is 1. The van der Waals surface area contributed by atoms with Gasteiger partial charge < -0.3 is 14.0 Å². The number of carbonyl (C=O) groups is 1. The molecule has 2 aromatic carbocycles. The molecule has 0 fully saturated rings. The van der Waals surface area contributed by atoms with Crippen molar-refractivity contribution in [2.45, 2.75) is 39.7 Å². The van der Waals surface area contributed by atoms with Crippen LogP contribution in [0.1, 0.15) is 37.6 Å². The van der Waals surface area contributed by atoms with Crippen LogP contribution in [0.15, 0.2) is 53.6 Å². The molecule has 6 nitrogen and oxygen atoms in total. The molecule has 6 heteroatoms. The van der Waals surface area contributed by atoms with Crippen LogP contribution < -0.4 is 10.2 Å². The molecule has 158 valence electrons. The highest BCUT2D eigenvalue weighted by Crippen LogP contribution is 2.26. The zero-order valence-electron chi connectivity index (χ0n) is 18.2. The van der Waals surface area contributed by atoms with E-state index < -0.39 is 6.09 Å². The Morgan fingerprint density at radius 2 is 1.83 bits per heavy atom. The van der Waals surface area contributed by atoms with Crippen LogP contribution in [0.25, 0.3) is 10.9 Å². The summed E-state index contributed by atoms with van der Waals surface area (Å²) in [6.07, 6.45) is 1.05. The number of carbonyl (C=O) groups excluding carboxylic acids is 1. The van der Waals surface area contributed by atoms with Crippen molar-refractivity contribution in [3.8, 4) is 5.75 Å². The number of aromatic nitrogens is 1. The number of nitrogens with one attached hydrogen (secondary N) is 1. The maximum absolute atomic E-state index is 11.2. The quantitative estimate of drug-likeness (QED) is 0.461. The van der Waals surface area contributed by atoms with E-state index >= 15 is 0 Å².